The molecule has 1 aliphatic rings. The fourth-order valence-corrected chi connectivity index (χ4v) is 4.60. The van der Waals surface area contributed by atoms with E-state index in [1.165, 1.54) is 11.3 Å². The third-order valence-electron chi connectivity index (χ3n) is 4.04. The minimum absolute atomic E-state index is 0.116. The van der Waals surface area contributed by atoms with E-state index in [1.807, 2.05) is 5.38 Å². The number of thioether (sulfide) groups is 1. The maximum atomic E-state index is 12.7. The number of hydrogen-bond acceptors (Lipinski definition) is 6. The molecule has 11 heteroatoms. The number of carbonyl (C=O) groups is 2. The van der Waals surface area contributed by atoms with Crippen molar-refractivity contribution < 1.29 is 27.5 Å². The molecule has 1 N–H and O–H groups in total. The van der Waals surface area contributed by atoms with Gasteiger partial charge >= 0.3 is 12.1 Å². The zero-order chi connectivity index (χ0) is 21.2. The first-order valence-electron chi connectivity index (χ1n) is 8.64. The van der Waals surface area contributed by atoms with Crippen LogP contribution in [0.25, 0.3) is 0 Å². The average molecular weight is 465 g/mol. The molecule has 0 spiro atoms. The van der Waals surface area contributed by atoms with Crippen LogP contribution in [-0.4, -0.2) is 29.2 Å². The Morgan fingerprint density at radius 2 is 2.14 bits per heavy atom. The van der Waals surface area contributed by atoms with Crippen LogP contribution in [-0.2, 0) is 15.7 Å². The number of halogens is 4. The van der Waals surface area contributed by atoms with Gasteiger partial charge in [-0.15, -0.1) is 11.3 Å². The van der Waals surface area contributed by atoms with Crippen molar-refractivity contribution in [2.45, 2.75) is 36.9 Å². The number of esters is 1. The lowest BCUT2D eigenvalue weighted by Gasteiger charge is -2.10. The molecule has 1 amide bonds. The molecule has 1 fully saturated rings. The highest BCUT2D eigenvalue weighted by Crippen LogP contribution is 2.46. The summed E-state index contributed by atoms with van der Waals surface area (Å²) in [6.07, 6.45) is -1.89. The summed E-state index contributed by atoms with van der Waals surface area (Å²) in [6.45, 7) is 1.93. The Morgan fingerprint density at radius 1 is 1.41 bits per heavy atom. The molecule has 5 nitrogen and oxygen atoms in total. The molecule has 0 unspecified atom stereocenters. The van der Waals surface area contributed by atoms with Crippen molar-refractivity contribution in [3.8, 4) is 0 Å². The number of aromatic nitrogens is 1. The Morgan fingerprint density at radius 3 is 2.72 bits per heavy atom. The van der Waals surface area contributed by atoms with Crippen molar-refractivity contribution in [3.63, 3.8) is 0 Å². The predicted octanol–water partition coefficient (Wildman–Crippen LogP) is 5.60. The van der Waals surface area contributed by atoms with Crippen molar-refractivity contribution in [1.29, 1.82) is 0 Å². The first kappa shape index (κ1) is 21.9. The van der Waals surface area contributed by atoms with E-state index >= 15 is 0 Å². The van der Waals surface area contributed by atoms with Gasteiger partial charge in [-0.05, 0) is 42.7 Å². The molecule has 0 saturated heterocycles. The maximum Gasteiger partial charge on any atom is 0.417 e. The maximum absolute atomic E-state index is 12.7. The summed E-state index contributed by atoms with van der Waals surface area (Å²) >= 11 is 8.01. The second-order valence-corrected chi connectivity index (χ2v) is 8.49. The second kappa shape index (κ2) is 8.93. The van der Waals surface area contributed by atoms with E-state index < -0.39 is 23.6 Å². The molecule has 2 heterocycles. The molecule has 29 heavy (non-hydrogen) atoms. The fourth-order valence-electron chi connectivity index (χ4n) is 2.56. The van der Waals surface area contributed by atoms with Crippen molar-refractivity contribution in [1.82, 2.24) is 4.98 Å². The summed E-state index contributed by atoms with van der Waals surface area (Å²) in [5, 5.41) is 4.87. The van der Waals surface area contributed by atoms with Crippen molar-refractivity contribution in [2.24, 2.45) is 0 Å². The van der Waals surface area contributed by atoms with Crippen LogP contribution in [0.2, 0.25) is 5.02 Å². The van der Waals surface area contributed by atoms with Crippen molar-refractivity contribution >= 4 is 51.6 Å². The van der Waals surface area contributed by atoms with Gasteiger partial charge in [0.05, 0.1) is 28.5 Å². The van der Waals surface area contributed by atoms with E-state index in [-0.39, 0.29) is 22.4 Å². The van der Waals surface area contributed by atoms with Gasteiger partial charge in [0.1, 0.15) is 10.0 Å². The summed E-state index contributed by atoms with van der Waals surface area (Å²) < 4.78 is 43.1. The van der Waals surface area contributed by atoms with Gasteiger partial charge in [0, 0.05) is 6.20 Å². The summed E-state index contributed by atoms with van der Waals surface area (Å²) in [6, 6.07) is 0.773. The quantitative estimate of drug-likeness (QED) is 0.426. The van der Waals surface area contributed by atoms with E-state index in [2.05, 4.69) is 10.3 Å². The monoisotopic (exact) mass is 464 g/mol. The zero-order valence-corrected chi connectivity index (χ0v) is 17.5. The SMILES string of the molecule is CCOC(=O)c1c(C2CC2)csc1NC(=O)CSc1ncc(C(F)(F)F)cc1Cl. The number of carbonyl (C=O) groups excluding carboxylic acids is 2. The summed E-state index contributed by atoms with van der Waals surface area (Å²) in [5.41, 5.74) is 0.300. The highest BCUT2D eigenvalue weighted by atomic mass is 35.5. The van der Waals surface area contributed by atoms with Crippen LogP contribution in [0.15, 0.2) is 22.7 Å². The standard InChI is InChI=1S/C18H16ClF3N2O3S2/c1-2-27-17(26)14-11(9-3-4-9)7-28-16(14)24-13(25)8-29-15-12(19)5-10(6-23-15)18(20,21)22/h5-7,9H,2-4,8H2,1H3,(H,24,25). The Hall–Kier alpha value is -1.78. The third-order valence-corrected chi connectivity index (χ3v) is 6.36. The summed E-state index contributed by atoms with van der Waals surface area (Å²) in [4.78, 5) is 28.3. The smallest absolute Gasteiger partial charge is 0.417 e. The molecule has 2 aromatic rings. The van der Waals surface area contributed by atoms with Gasteiger partial charge in [-0.2, -0.15) is 13.2 Å². The average Bonchev–Trinajstić information content (AvgIpc) is 3.40. The molecule has 3 rings (SSSR count). The summed E-state index contributed by atoms with van der Waals surface area (Å²) in [5.74, 6) is -0.730. The number of ether oxygens (including phenoxy) is 1. The van der Waals surface area contributed by atoms with Gasteiger partial charge in [0.25, 0.3) is 0 Å². The molecular formula is C18H16ClF3N2O3S2. The van der Waals surface area contributed by atoms with E-state index in [0.29, 0.717) is 22.7 Å². The molecule has 1 saturated carbocycles. The van der Waals surface area contributed by atoms with E-state index in [1.54, 1.807) is 6.92 Å². The largest absolute Gasteiger partial charge is 0.462 e. The molecule has 2 aromatic heterocycles. The summed E-state index contributed by atoms with van der Waals surface area (Å²) in [7, 11) is 0. The van der Waals surface area contributed by atoms with Gasteiger partial charge in [-0.1, -0.05) is 23.4 Å². The lowest BCUT2D eigenvalue weighted by atomic mass is 10.1. The molecule has 0 bridgehead atoms. The number of rotatable bonds is 7. The van der Waals surface area contributed by atoms with Gasteiger partial charge in [-0.25, -0.2) is 9.78 Å². The van der Waals surface area contributed by atoms with Crippen LogP contribution in [0.5, 0.6) is 0 Å². The fraction of sp³-hybridized carbons (Fsp3) is 0.389. The van der Waals surface area contributed by atoms with Crippen LogP contribution in [0.3, 0.4) is 0 Å². The molecule has 0 radical (unpaired) electrons. The normalized spacial score (nSPS) is 14.0. The van der Waals surface area contributed by atoms with Crippen LogP contribution < -0.4 is 5.32 Å². The van der Waals surface area contributed by atoms with Crippen molar-refractivity contribution in [2.75, 3.05) is 17.7 Å². The van der Waals surface area contributed by atoms with E-state index in [4.69, 9.17) is 16.3 Å². The van der Waals surface area contributed by atoms with E-state index in [0.717, 1.165) is 36.2 Å². The third kappa shape index (κ3) is 5.43. The predicted molar refractivity (Wildman–Crippen MR) is 106 cm³/mol. The number of thiophene rings is 1. The Balaban J connectivity index is 1.66. The van der Waals surface area contributed by atoms with Crippen LogP contribution >= 0.6 is 34.7 Å². The Kier molecular flexibility index (Phi) is 6.75. The number of anilines is 1. The highest BCUT2D eigenvalue weighted by molar-refractivity contribution is 8.00. The Labute approximate surface area is 178 Å². The van der Waals surface area contributed by atoms with Crippen LogP contribution in [0.4, 0.5) is 18.2 Å². The second-order valence-electron chi connectivity index (χ2n) is 6.24. The molecule has 1 aliphatic carbocycles. The van der Waals surface area contributed by atoms with Gasteiger partial charge < -0.3 is 10.1 Å². The lowest BCUT2D eigenvalue weighted by Crippen LogP contribution is -2.17. The first-order valence-corrected chi connectivity index (χ1v) is 10.9. The molecule has 0 aromatic carbocycles. The molecule has 0 aliphatic heterocycles. The Bertz CT molecular complexity index is 930. The zero-order valence-electron chi connectivity index (χ0n) is 15.1. The molecular weight excluding hydrogens is 449 g/mol. The minimum Gasteiger partial charge on any atom is -0.462 e. The topological polar surface area (TPSA) is 68.3 Å². The minimum atomic E-state index is -4.54. The lowest BCUT2D eigenvalue weighted by molar-refractivity contribution is -0.137. The highest BCUT2D eigenvalue weighted by Gasteiger charge is 2.33. The molecule has 156 valence electrons. The van der Waals surface area contributed by atoms with Crippen molar-refractivity contribution in [3.05, 3.63) is 39.4 Å². The number of amides is 1. The number of alkyl halides is 3. The van der Waals surface area contributed by atoms with Crippen LogP contribution in [0.1, 0.15) is 47.2 Å². The van der Waals surface area contributed by atoms with Crippen LogP contribution in [0, 0.1) is 0 Å². The van der Waals surface area contributed by atoms with Gasteiger partial charge in [0.2, 0.25) is 5.91 Å². The number of pyridine rings is 1. The van der Waals surface area contributed by atoms with E-state index in [9.17, 15) is 22.8 Å². The number of hydrogen-bond donors (Lipinski definition) is 1. The molecule has 0 atom stereocenters. The van der Waals surface area contributed by atoms with Gasteiger partial charge in [0.15, 0.2) is 0 Å². The number of nitrogens with one attached hydrogen (secondary N) is 1. The number of nitrogens with zero attached hydrogens (tertiary/aromatic N) is 1. The first-order chi connectivity index (χ1) is 13.7. The van der Waals surface area contributed by atoms with Gasteiger partial charge in [-0.3, -0.25) is 4.79 Å².